The molecule has 3 rings (SSSR count). The van der Waals surface area contributed by atoms with Crippen LogP contribution in [0, 0.1) is 12.7 Å². The van der Waals surface area contributed by atoms with Crippen molar-refractivity contribution in [2.24, 2.45) is 7.05 Å². The number of benzene rings is 2. The lowest BCUT2D eigenvalue weighted by atomic mass is 10.2. The number of halogens is 2. The van der Waals surface area contributed by atoms with Gasteiger partial charge >= 0.3 is 0 Å². The molecule has 4 nitrogen and oxygen atoms in total. The molecule has 26 heavy (non-hydrogen) atoms. The van der Waals surface area contributed by atoms with E-state index in [-0.39, 0.29) is 11.9 Å². The van der Waals surface area contributed by atoms with Gasteiger partial charge in [0.15, 0.2) is 17.1 Å². The molecular weight excluding hydrogens is 373 g/mol. The van der Waals surface area contributed by atoms with E-state index >= 15 is 0 Å². The highest BCUT2D eigenvalue weighted by Gasteiger charge is 2.18. The molecule has 0 radical (unpaired) electrons. The van der Waals surface area contributed by atoms with Crippen molar-refractivity contribution in [3.05, 3.63) is 70.3 Å². The highest BCUT2D eigenvalue weighted by molar-refractivity contribution is 7.98. The van der Waals surface area contributed by atoms with Gasteiger partial charge < -0.3 is 9.30 Å². The number of thioether (sulfide) groups is 1. The SMILES string of the molecule is Cc1ccc(Cl)c(OC(C)c2nnc(SCc3ccccc3F)n2C)c1. The largest absolute Gasteiger partial charge is 0.481 e. The van der Waals surface area contributed by atoms with E-state index in [9.17, 15) is 4.39 Å². The third-order valence-electron chi connectivity index (χ3n) is 3.94. The van der Waals surface area contributed by atoms with E-state index in [2.05, 4.69) is 10.2 Å². The van der Waals surface area contributed by atoms with Crippen LogP contribution in [0.5, 0.6) is 5.75 Å². The summed E-state index contributed by atoms with van der Waals surface area (Å²) in [5.74, 6) is 1.56. The highest BCUT2D eigenvalue weighted by atomic mass is 35.5. The van der Waals surface area contributed by atoms with Crippen LogP contribution in [-0.4, -0.2) is 14.8 Å². The zero-order valence-corrected chi connectivity index (χ0v) is 16.3. The van der Waals surface area contributed by atoms with Crippen LogP contribution < -0.4 is 4.74 Å². The second-order valence-electron chi connectivity index (χ2n) is 5.97. The summed E-state index contributed by atoms with van der Waals surface area (Å²) >= 11 is 7.63. The topological polar surface area (TPSA) is 39.9 Å². The number of aromatic nitrogens is 3. The lowest BCUT2D eigenvalue weighted by molar-refractivity contribution is 0.211. The van der Waals surface area contributed by atoms with Gasteiger partial charge in [0.2, 0.25) is 0 Å². The Hall–Kier alpha value is -2.05. The maximum atomic E-state index is 13.8. The monoisotopic (exact) mass is 391 g/mol. The van der Waals surface area contributed by atoms with Gasteiger partial charge in [-0.1, -0.05) is 47.6 Å². The van der Waals surface area contributed by atoms with E-state index in [1.807, 2.05) is 49.7 Å². The standard InChI is InChI=1S/C19H19ClFN3OS/c1-12-8-9-15(20)17(10-12)25-13(2)18-22-23-19(24(18)3)26-11-14-6-4-5-7-16(14)21/h4-10,13H,11H2,1-3H3. The Labute approximate surface area is 161 Å². The van der Waals surface area contributed by atoms with Crippen molar-refractivity contribution in [1.82, 2.24) is 14.8 Å². The molecule has 0 aliphatic carbocycles. The zero-order chi connectivity index (χ0) is 18.7. The predicted octanol–water partition coefficient (Wildman–Crippen LogP) is 5.35. The Morgan fingerprint density at radius 1 is 1.23 bits per heavy atom. The van der Waals surface area contributed by atoms with Crippen LogP contribution in [0.3, 0.4) is 0 Å². The van der Waals surface area contributed by atoms with Crippen molar-refractivity contribution < 1.29 is 9.13 Å². The first-order valence-electron chi connectivity index (χ1n) is 8.14. The van der Waals surface area contributed by atoms with Gasteiger partial charge in [0.1, 0.15) is 11.6 Å². The molecule has 1 unspecified atom stereocenters. The first-order valence-corrected chi connectivity index (χ1v) is 9.50. The molecule has 0 fully saturated rings. The predicted molar refractivity (Wildman–Crippen MR) is 102 cm³/mol. The summed E-state index contributed by atoms with van der Waals surface area (Å²) in [6, 6.07) is 12.4. The summed E-state index contributed by atoms with van der Waals surface area (Å²) in [4.78, 5) is 0. The van der Waals surface area contributed by atoms with E-state index in [0.717, 1.165) is 5.56 Å². The molecule has 0 saturated heterocycles. The molecule has 0 aliphatic heterocycles. The second-order valence-corrected chi connectivity index (χ2v) is 7.32. The quantitative estimate of drug-likeness (QED) is 0.531. The summed E-state index contributed by atoms with van der Waals surface area (Å²) in [6.45, 7) is 3.88. The fourth-order valence-corrected chi connectivity index (χ4v) is 3.57. The molecule has 0 aliphatic rings. The minimum atomic E-state index is -0.324. The summed E-state index contributed by atoms with van der Waals surface area (Å²) in [6.07, 6.45) is -0.324. The number of aryl methyl sites for hydroxylation is 1. The Kier molecular flexibility index (Phi) is 5.84. The molecule has 1 aromatic heterocycles. The van der Waals surface area contributed by atoms with Crippen molar-refractivity contribution in [2.45, 2.75) is 30.9 Å². The van der Waals surface area contributed by atoms with E-state index in [1.54, 1.807) is 12.1 Å². The third-order valence-corrected chi connectivity index (χ3v) is 5.32. The number of ether oxygens (including phenoxy) is 1. The fourth-order valence-electron chi connectivity index (χ4n) is 2.51. The molecule has 0 amide bonds. The van der Waals surface area contributed by atoms with Gasteiger partial charge in [-0.05, 0) is 43.2 Å². The van der Waals surface area contributed by atoms with Crippen LogP contribution >= 0.6 is 23.4 Å². The first kappa shape index (κ1) is 18.7. The molecule has 0 N–H and O–H groups in total. The van der Waals surface area contributed by atoms with Crippen LogP contribution in [0.15, 0.2) is 47.6 Å². The smallest absolute Gasteiger partial charge is 0.191 e. The number of hydrogen-bond donors (Lipinski definition) is 0. The van der Waals surface area contributed by atoms with Gasteiger partial charge in [-0.25, -0.2) is 4.39 Å². The Morgan fingerprint density at radius 3 is 2.77 bits per heavy atom. The molecule has 0 saturated carbocycles. The van der Waals surface area contributed by atoms with Crippen molar-refractivity contribution >= 4 is 23.4 Å². The van der Waals surface area contributed by atoms with Crippen LogP contribution in [0.1, 0.15) is 30.0 Å². The van der Waals surface area contributed by atoms with Crippen LogP contribution in [0.2, 0.25) is 5.02 Å². The number of nitrogens with zero attached hydrogens (tertiary/aromatic N) is 3. The van der Waals surface area contributed by atoms with E-state index in [4.69, 9.17) is 16.3 Å². The third kappa shape index (κ3) is 4.19. The Balaban J connectivity index is 1.71. The van der Waals surface area contributed by atoms with E-state index in [1.165, 1.54) is 17.8 Å². The van der Waals surface area contributed by atoms with Crippen molar-refractivity contribution in [1.29, 1.82) is 0 Å². The lowest BCUT2D eigenvalue weighted by Gasteiger charge is -2.15. The minimum absolute atomic E-state index is 0.215. The van der Waals surface area contributed by atoms with Crippen LogP contribution in [0.4, 0.5) is 4.39 Å². The summed E-state index contributed by atoms with van der Waals surface area (Å²) in [5, 5.41) is 9.69. The van der Waals surface area contributed by atoms with Gasteiger partial charge in [-0.2, -0.15) is 0 Å². The fraction of sp³-hybridized carbons (Fsp3) is 0.263. The van der Waals surface area contributed by atoms with Crippen LogP contribution in [0.25, 0.3) is 0 Å². The summed E-state index contributed by atoms with van der Waals surface area (Å²) in [7, 11) is 1.87. The van der Waals surface area contributed by atoms with E-state index < -0.39 is 0 Å². The first-order chi connectivity index (χ1) is 12.5. The molecule has 0 bridgehead atoms. The molecule has 136 valence electrons. The molecule has 7 heteroatoms. The summed E-state index contributed by atoms with van der Waals surface area (Å²) < 4.78 is 21.6. The van der Waals surface area contributed by atoms with Crippen molar-refractivity contribution in [2.75, 3.05) is 0 Å². The zero-order valence-electron chi connectivity index (χ0n) is 14.7. The van der Waals surface area contributed by atoms with Crippen LogP contribution in [-0.2, 0) is 12.8 Å². The van der Waals surface area contributed by atoms with Gasteiger partial charge in [0.25, 0.3) is 0 Å². The highest BCUT2D eigenvalue weighted by Crippen LogP contribution is 2.30. The van der Waals surface area contributed by atoms with Crippen molar-refractivity contribution in [3.8, 4) is 5.75 Å². The number of rotatable bonds is 6. The molecule has 2 aromatic carbocycles. The van der Waals surface area contributed by atoms with Gasteiger partial charge in [-0.3, -0.25) is 0 Å². The molecule has 3 aromatic rings. The number of hydrogen-bond acceptors (Lipinski definition) is 4. The van der Waals surface area contributed by atoms with E-state index in [0.29, 0.717) is 33.1 Å². The minimum Gasteiger partial charge on any atom is -0.481 e. The normalized spacial score (nSPS) is 12.2. The molecular formula is C19H19ClFN3OS. The summed E-state index contributed by atoms with van der Waals surface area (Å²) in [5.41, 5.74) is 1.70. The maximum absolute atomic E-state index is 13.8. The van der Waals surface area contributed by atoms with Gasteiger partial charge in [-0.15, -0.1) is 10.2 Å². The average Bonchev–Trinajstić information content (AvgIpc) is 2.98. The van der Waals surface area contributed by atoms with Gasteiger partial charge in [0.05, 0.1) is 5.02 Å². The maximum Gasteiger partial charge on any atom is 0.191 e. The van der Waals surface area contributed by atoms with Crippen molar-refractivity contribution in [3.63, 3.8) is 0 Å². The molecule has 0 spiro atoms. The lowest BCUT2D eigenvalue weighted by Crippen LogP contribution is -2.10. The molecule has 1 heterocycles. The molecule has 1 atom stereocenters. The Morgan fingerprint density at radius 2 is 2.00 bits per heavy atom. The average molecular weight is 392 g/mol. The second kappa shape index (κ2) is 8.10. The van der Waals surface area contributed by atoms with Gasteiger partial charge in [0, 0.05) is 12.8 Å². The Bertz CT molecular complexity index is 916.